The third kappa shape index (κ3) is 4.58. The van der Waals surface area contributed by atoms with Crippen molar-refractivity contribution in [3.63, 3.8) is 0 Å². The van der Waals surface area contributed by atoms with Crippen LogP contribution in [0.25, 0.3) is 0 Å². The number of methoxy groups -OCH3 is 1. The Labute approximate surface area is 162 Å². The average Bonchev–Trinajstić information content (AvgIpc) is 3.20. The fraction of sp³-hybridized carbons (Fsp3) is 0.278. The van der Waals surface area contributed by atoms with Crippen LogP contribution in [0, 0.1) is 10.1 Å². The van der Waals surface area contributed by atoms with Crippen molar-refractivity contribution in [2.24, 2.45) is 5.10 Å². The Kier molecular flexibility index (Phi) is 5.78. The van der Waals surface area contributed by atoms with Crippen molar-refractivity contribution >= 4 is 32.8 Å². The second kappa shape index (κ2) is 8.26. The normalized spacial score (nSPS) is 13.8. The van der Waals surface area contributed by atoms with Gasteiger partial charge < -0.3 is 4.74 Å². The van der Waals surface area contributed by atoms with Crippen LogP contribution in [0.2, 0.25) is 0 Å². The highest BCUT2D eigenvalue weighted by molar-refractivity contribution is 7.92. The van der Waals surface area contributed by atoms with Crippen LogP contribution >= 0.6 is 0 Å². The molecule has 148 valence electrons. The van der Waals surface area contributed by atoms with Gasteiger partial charge >= 0.3 is 0 Å². The average molecular weight is 404 g/mol. The Hall–Kier alpha value is -3.14. The molecule has 1 saturated carbocycles. The molecule has 1 aliphatic rings. The highest BCUT2D eigenvalue weighted by atomic mass is 32.2. The van der Waals surface area contributed by atoms with Gasteiger partial charge in [-0.3, -0.25) is 20.3 Å². The van der Waals surface area contributed by atoms with E-state index in [2.05, 4.69) is 15.2 Å². The summed E-state index contributed by atoms with van der Waals surface area (Å²) in [7, 11) is -2.59. The van der Waals surface area contributed by atoms with E-state index < -0.39 is 14.9 Å². The Morgan fingerprint density at radius 2 is 1.79 bits per heavy atom. The summed E-state index contributed by atoms with van der Waals surface area (Å²) in [5.74, 6) is 0.577. The Morgan fingerprint density at radius 1 is 1.11 bits per heavy atom. The van der Waals surface area contributed by atoms with E-state index in [1.54, 1.807) is 24.3 Å². The summed E-state index contributed by atoms with van der Waals surface area (Å²) in [4.78, 5) is 10.2. The smallest absolute Gasteiger partial charge is 0.270 e. The Morgan fingerprint density at radius 3 is 2.39 bits per heavy atom. The van der Waals surface area contributed by atoms with E-state index in [0.717, 1.165) is 37.5 Å². The molecular weight excluding hydrogens is 384 g/mol. The minimum atomic E-state index is -4.09. The van der Waals surface area contributed by atoms with Gasteiger partial charge in [-0.05, 0) is 56.0 Å². The number of nitrogens with zero attached hydrogens (tertiary/aromatic N) is 2. The summed E-state index contributed by atoms with van der Waals surface area (Å²) in [6, 6.07) is 9.90. The van der Waals surface area contributed by atoms with E-state index >= 15 is 0 Å². The lowest BCUT2D eigenvalue weighted by Gasteiger charge is -2.12. The van der Waals surface area contributed by atoms with Crippen molar-refractivity contribution in [3.05, 3.63) is 52.6 Å². The summed E-state index contributed by atoms with van der Waals surface area (Å²) in [5.41, 5.74) is 3.86. The first-order valence-corrected chi connectivity index (χ1v) is 10.1. The second-order valence-electron chi connectivity index (χ2n) is 6.27. The zero-order valence-electron chi connectivity index (χ0n) is 15.2. The maximum atomic E-state index is 12.9. The van der Waals surface area contributed by atoms with Crippen molar-refractivity contribution in [2.75, 3.05) is 17.3 Å². The SMILES string of the molecule is COc1ccc(NS(=O)(=O)c2cc([N+](=O)[O-])ccc2NN=C2CCCC2)cc1. The molecule has 0 bridgehead atoms. The van der Waals surface area contributed by atoms with Crippen molar-refractivity contribution in [1.82, 2.24) is 0 Å². The van der Waals surface area contributed by atoms with Gasteiger partial charge in [-0.15, -0.1) is 0 Å². The third-order valence-electron chi connectivity index (χ3n) is 4.32. The molecule has 10 heteroatoms. The Bertz CT molecular complexity index is 995. The number of hydrogen-bond donors (Lipinski definition) is 2. The number of hydrogen-bond acceptors (Lipinski definition) is 7. The molecule has 1 fully saturated rings. The molecular formula is C18H20N4O5S. The van der Waals surface area contributed by atoms with Gasteiger partial charge in [-0.25, -0.2) is 8.42 Å². The van der Waals surface area contributed by atoms with E-state index in [0.29, 0.717) is 11.4 Å². The van der Waals surface area contributed by atoms with Gasteiger partial charge in [0.15, 0.2) is 0 Å². The van der Waals surface area contributed by atoms with Gasteiger partial charge in [0.25, 0.3) is 15.7 Å². The van der Waals surface area contributed by atoms with E-state index in [-0.39, 0.29) is 16.3 Å². The number of nitro groups is 1. The number of ether oxygens (including phenoxy) is 1. The van der Waals surface area contributed by atoms with Gasteiger partial charge in [-0.1, -0.05) is 0 Å². The fourth-order valence-electron chi connectivity index (χ4n) is 2.84. The molecule has 0 amide bonds. The zero-order valence-corrected chi connectivity index (χ0v) is 16.0. The number of anilines is 2. The van der Waals surface area contributed by atoms with Gasteiger partial charge in [0.1, 0.15) is 10.6 Å². The highest BCUT2D eigenvalue weighted by Crippen LogP contribution is 2.29. The number of non-ortho nitro benzene ring substituents is 1. The predicted octanol–water partition coefficient (Wildman–Crippen LogP) is 3.75. The lowest BCUT2D eigenvalue weighted by molar-refractivity contribution is -0.385. The number of nitro benzene ring substituents is 1. The van der Waals surface area contributed by atoms with Gasteiger partial charge in [0, 0.05) is 23.5 Å². The molecule has 2 aromatic carbocycles. The van der Waals surface area contributed by atoms with Crippen LogP contribution in [-0.2, 0) is 10.0 Å². The molecule has 2 N–H and O–H groups in total. The number of hydrazone groups is 1. The monoisotopic (exact) mass is 404 g/mol. The number of rotatable bonds is 7. The molecule has 0 aromatic heterocycles. The molecule has 0 saturated heterocycles. The van der Waals surface area contributed by atoms with Crippen LogP contribution in [-0.4, -0.2) is 26.2 Å². The van der Waals surface area contributed by atoms with Crippen LogP contribution in [0.15, 0.2) is 52.5 Å². The Balaban J connectivity index is 1.94. The highest BCUT2D eigenvalue weighted by Gasteiger charge is 2.23. The molecule has 28 heavy (non-hydrogen) atoms. The summed E-state index contributed by atoms with van der Waals surface area (Å²) in [5, 5.41) is 15.4. The third-order valence-corrected chi connectivity index (χ3v) is 5.74. The zero-order chi connectivity index (χ0) is 20.1. The van der Waals surface area contributed by atoms with Gasteiger partial charge in [-0.2, -0.15) is 5.10 Å². The topological polar surface area (TPSA) is 123 Å². The van der Waals surface area contributed by atoms with Crippen LogP contribution in [0.3, 0.4) is 0 Å². The first-order chi connectivity index (χ1) is 13.4. The fourth-order valence-corrected chi connectivity index (χ4v) is 4.08. The summed E-state index contributed by atoms with van der Waals surface area (Å²) < 4.78 is 33.3. The second-order valence-corrected chi connectivity index (χ2v) is 7.92. The van der Waals surface area contributed by atoms with Crippen LogP contribution in [0.1, 0.15) is 25.7 Å². The molecule has 9 nitrogen and oxygen atoms in total. The van der Waals surface area contributed by atoms with Crippen LogP contribution in [0.4, 0.5) is 17.1 Å². The van der Waals surface area contributed by atoms with E-state index in [9.17, 15) is 18.5 Å². The summed E-state index contributed by atoms with van der Waals surface area (Å²) >= 11 is 0. The quantitative estimate of drug-likeness (QED) is 0.535. The van der Waals surface area contributed by atoms with E-state index in [4.69, 9.17) is 4.74 Å². The molecule has 0 aliphatic heterocycles. The largest absolute Gasteiger partial charge is 0.497 e. The van der Waals surface area contributed by atoms with Gasteiger partial charge in [0.05, 0.1) is 17.7 Å². The van der Waals surface area contributed by atoms with Crippen molar-refractivity contribution in [2.45, 2.75) is 30.6 Å². The maximum Gasteiger partial charge on any atom is 0.270 e. The lowest BCUT2D eigenvalue weighted by atomic mass is 10.3. The molecule has 0 heterocycles. The van der Waals surface area contributed by atoms with Crippen molar-refractivity contribution in [1.29, 1.82) is 0 Å². The first-order valence-electron chi connectivity index (χ1n) is 8.66. The molecule has 3 rings (SSSR count). The summed E-state index contributed by atoms with van der Waals surface area (Å²) in [6.07, 6.45) is 3.80. The van der Waals surface area contributed by atoms with E-state index in [1.807, 2.05) is 0 Å². The molecule has 1 aliphatic carbocycles. The molecule has 2 aromatic rings. The number of nitrogens with one attached hydrogen (secondary N) is 2. The standard InChI is InChI=1S/C18H20N4O5S/c1-27-16-9-6-14(7-10-16)21-28(25,26)18-12-15(22(23)24)8-11-17(18)20-19-13-4-2-3-5-13/h6-12,20-21H,2-5H2,1H3. The molecule has 0 spiro atoms. The summed E-state index contributed by atoms with van der Waals surface area (Å²) in [6.45, 7) is 0. The van der Waals surface area contributed by atoms with Crippen LogP contribution in [0.5, 0.6) is 5.75 Å². The van der Waals surface area contributed by atoms with E-state index in [1.165, 1.54) is 19.2 Å². The first kappa shape index (κ1) is 19.6. The molecule has 0 unspecified atom stereocenters. The van der Waals surface area contributed by atoms with Gasteiger partial charge in [0.2, 0.25) is 0 Å². The lowest BCUT2D eigenvalue weighted by Crippen LogP contribution is -2.15. The molecule has 0 radical (unpaired) electrons. The number of sulfonamides is 1. The maximum absolute atomic E-state index is 12.9. The minimum absolute atomic E-state index is 0.172. The van der Waals surface area contributed by atoms with Crippen molar-refractivity contribution < 1.29 is 18.1 Å². The van der Waals surface area contributed by atoms with Crippen LogP contribution < -0.4 is 14.9 Å². The minimum Gasteiger partial charge on any atom is -0.497 e. The van der Waals surface area contributed by atoms with Crippen molar-refractivity contribution in [3.8, 4) is 5.75 Å². The number of benzene rings is 2. The predicted molar refractivity (Wildman–Crippen MR) is 106 cm³/mol. The molecule has 0 atom stereocenters.